The van der Waals surface area contributed by atoms with Crippen molar-refractivity contribution in [1.29, 1.82) is 5.26 Å². The van der Waals surface area contributed by atoms with Crippen LogP contribution in [0.4, 0.5) is 5.69 Å². The van der Waals surface area contributed by atoms with Crippen LogP contribution in [0.1, 0.15) is 25.3 Å². The van der Waals surface area contributed by atoms with E-state index in [1.165, 1.54) is 12.1 Å². The van der Waals surface area contributed by atoms with Crippen molar-refractivity contribution in [3.8, 4) is 6.07 Å². The van der Waals surface area contributed by atoms with E-state index < -0.39 is 10.9 Å². The van der Waals surface area contributed by atoms with Crippen molar-refractivity contribution in [1.82, 2.24) is 0 Å². The molecule has 1 aromatic rings. The number of halogens is 1. The largest absolute Gasteiger partial charge is 0.478 e. The van der Waals surface area contributed by atoms with Gasteiger partial charge in [-0.25, -0.2) is 4.79 Å². The Morgan fingerprint density at radius 2 is 2.20 bits per heavy atom. The highest BCUT2D eigenvalue weighted by Crippen LogP contribution is 2.33. The van der Waals surface area contributed by atoms with Crippen LogP contribution in [0.25, 0.3) is 5.57 Å². The quantitative estimate of drug-likeness (QED) is 0.502. The number of allylic oxidation sites excluding steroid dienone is 1. The Labute approximate surface area is 123 Å². The van der Waals surface area contributed by atoms with Crippen molar-refractivity contribution in [3.63, 3.8) is 0 Å². The highest BCUT2D eigenvalue weighted by Gasteiger charge is 2.22. The molecule has 1 N–H and O–H groups in total. The lowest BCUT2D eigenvalue weighted by molar-refractivity contribution is -0.385. The molecule has 1 aromatic carbocycles. The van der Waals surface area contributed by atoms with Gasteiger partial charge >= 0.3 is 5.97 Å². The highest BCUT2D eigenvalue weighted by molar-refractivity contribution is 9.10. The van der Waals surface area contributed by atoms with Crippen LogP contribution in [0.15, 0.2) is 28.2 Å². The fraction of sp³-hybridized carbons (Fsp3) is 0.231. The van der Waals surface area contributed by atoms with Gasteiger partial charge in [-0.3, -0.25) is 10.1 Å². The topological polar surface area (TPSA) is 104 Å². The summed E-state index contributed by atoms with van der Waals surface area (Å²) in [5, 5.41) is 29.0. The van der Waals surface area contributed by atoms with Gasteiger partial charge in [0.1, 0.15) is 0 Å². The first-order chi connectivity index (χ1) is 9.42. The maximum atomic E-state index is 11.2. The molecule has 0 aromatic heterocycles. The second-order valence-corrected chi connectivity index (χ2v) is 4.78. The van der Waals surface area contributed by atoms with Gasteiger partial charge in [0.2, 0.25) is 0 Å². The van der Waals surface area contributed by atoms with Gasteiger partial charge in [-0.2, -0.15) is 5.26 Å². The highest BCUT2D eigenvalue weighted by atomic mass is 79.9. The van der Waals surface area contributed by atoms with Gasteiger partial charge < -0.3 is 5.11 Å². The van der Waals surface area contributed by atoms with E-state index in [2.05, 4.69) is 15.9 Å². The smallest absolute Gasteiger partial charge is 0.332 e. The van der Waals surface area contributed by atoms with Crippen LogP contribution in [0, 0.1) is 21.4 Å². The molecule has 0 aliphatic heterocycles. The first-order valence-electron chi connectivity index (χ1n) is 5.68. The molecule has 0 heterocycles. The van der Waals surface area contributed by atoms with Gasteiger partial charge in [0, 0.05) is 10.5 Å². The Balaban J connectivity index is 3.61. The summed E-state index contributed by atoms with van der Waals surface area (Å²) >= 11 is 3.14. The molecule has 7 heteroatoms. The molecular formula is C13H11BrN2O4. The van der Waals surface area contributed by atoms with E-state index in [4.69, 9.17) is 10.4 Å². The minimum atomic E-state index is -1.24. The Bertz CT molecular complexity index is 632. The van der Waals surface area contributed by atoms with Crippen LogP contribution in [-0.2, 0) is 4.79 Å². The maximum absolute atomic E-state index is 11.2. The minimum Gasteiger partial charge on any atom is -0.478 e. The lowest BCUT2D eigenvalue weighted by Crippen LogP contribution is -2.05. The Morgan fingerprint density at radius 3 is 2.65 bits per heavy atom. The number of aliphatic carboxylic acids is 1. The van der Waals surface area contributed by atoms with Gasteiger partial charge in [0.15, 0.2) is 0 Å². The SMILES string of the molecule is CC/C(=C(/CC#N)C(=O)O)c1ccc(Br)cc1[N+](=O)[O-]. The van der Waals surface area contributed by atoms with Gasteiger partial charge in [-0.05, 0) is 24.1 Å². The lowest BCUT2D eigenvalue weighted by atomic mass is 9.94. The van der Waals surface area contributed by atoms with Crippen molar-refractivity contribution in [2.24, 2.45) is 0 Å². The molecule has 1 rings (SSSR count). The number of carbonyl (C=O) groups is 1. The monoisotopic (exact) mass is 338 g/mol. The molecule has 0 spiro atoms. The second-order valence-electron chi connectivity index (χ2n) is 3.87. The Hall–Kier alpha value is -2.20. The predicted octanol–water partition coefficient (Wildman–Crippen LogP) is 3.52. The molecule has 0 saturated carbocycles. The average Bonchev–Trinajstić information content (AvgIpc) is 2.39. The van der Waals surface area contributed by atoms with Crippen LogP contribution in [0.5, 0.6) is 0 Å². The summed E-state index contributed by atoms with van der Waals surface area (Å²) in [5.74, 6) is -1.24. The van der Waals surface area contributed by atoms with E-state index in [9.17, 15) is 14.9 Å². The van der Waals surface area contributed by atoms with Crippen LogP contribution in [0.2, 0.25) is 0 Å². The van der Waals surface area contributed by atoms with E-state index >= 15 is 0 Å². The first-order valence-corrected chi connectivity index (χ1v) is 6.48. The lowest BCUT2D eigenvalue weighted by Gasteiger charge is -2.10. The first kappa shape index (κ1) is 15.9. The number of benzene rings is 1. The molecule has 104 valence electrons. The third-order valence-corrected chi connectivity index (χ3v) is 3.21. The van der Waals surface area contributed by atoms with Crippen molar-refractivity contribution in [2.75, 3.05) is 0 Å². The van der Waals surface area contributed by atoms with Crippen LogP contribution in [0.3, 0.4) is 0 Å². The summed E-state index contributed by atoms with van der Waals surface area (Å²) in [6.07, 6.45) is -0.0164. The Morgan fingerprint density at radius 1 is 1.55 bits per heavy atom. The third kappa shape index (κ3) is 3.42. The molecule has 0 unspecified atom stereocenters. The third-order valence-electron chi connectivity index (χ3n) is 2.71. The minimum absolute atomic E-state index is 0.111. The summed E-state index contributed by atoms with van der Waals surface area (Å²) in [5.41, 5.74) is 0.236. The molecule has 6 nitrogen and oxygen atoms in total. The molecule has 0 aliphatic carbocycles. The summed E-state index contributed by atoms with van der Waals surface area (Å²) in [6, 6.07) is 6.18. The molecule has 0 atom stereocenters. The number of nitro benzene ring substituents is 1. The number of carboxylic acids is 1. The normalized spacial score (nSPS) is 11.4. The number of hydrogen-bond acceptors (Lipinski definition) is 4. The molecule has 0 bridgehead atoms. The zero-order chi connectivity index (χ0) is 15.3. The molecule has 0 amide bonds. The fourth-order valence-electron chi connectivity index (χ4n) is 1.87. The van der Waals surface area contributed by atoms with Gasteiger partial charge in [-0.15, -0.1) is 0 Å². The van der Waals surface area contributed by atoms with E-state index in [1.54, 1.807) is 19.1 Å². The number of rotatable bonds is 5. The maximum Gasteiger partial charge on any atom is 0.332 e. The van der Waals surface area contributed by atoms with Crippen molar-refractivity contribution < 1.29 is 14.8 Å². The van der Waals surface area contributed by atoms with E-state index in [0.29, 0.717) is 10.0 Å². The summed E-state index contributed by atoms with van der Waals surface area (Å²) < 4.78 is 0.528. The average molecular weight is 339 g/mol. The number of nitro groups is 1. The van der Waals surface area contributed by atoms with E-state index in [0.717, 1.165) is 0 Å². The Kier molecular flexibility index (Phi) is 5.41. The van der Waals surface area contributed by atoms with Crippen molar-refractivity contribution >= 4 is 33.2 Å². The summed E-state index contributed by atoms with van der Waals surface area (Å²) in [4.78, 5) is 21.7. The van der Waals surface area contributed by atoms with Gasteiger partial charge in [0.05, 0.1) is 28.5 Å². The zero-order valence-electron chi connectivity index (χ0n) is 10.6. The summed E-state index contributed by atoms with van der Waals surface area (Å²) in [6.45, 7) is 1.70. The van der Waals surface area contributed by atoms with Crippen LogP contribution < -0.4 is 0 Å². The zero-order valence-corrected chi connectivity index (χ0v) is 12.2. The predicted molar refractivity (Wildman–Crippen MR) is 75.9 cm³/mol. The molecule has 0 radical (unpaired) electrons. The summed E-state index contributed by atoms with van der Waals surface area (Å²) in [7, 11) is 0. The van der Waals surface area contributed by atoms with Crippen molar-refractivity contribution in [2.45, 2.75) is 19.8 Å². The fourth-order valence-corrected chi connectivity index (χ4v) is 2.22. The van der Waals surface area contributed by atoms with Gasteiger partial charge in [0.25, 0.3) is 5.69 Å². The van der Waals surface area contributed by atoms with Gasteiger partial charge in [-0.1, -0.05) is 22.9 Å². The van der Waals surface area contributed by atoms with Crippen LogP contribution >= 0.6 is 15.9 Å². The molecular weight excluding hydrogens is 328 g/mol. The molecule has 20 heavy (non-hydrogen) atoms. The molecule has 0 fully saturated rings. The number of nitrogens with zero attached hydrogens (tertiary/aromatic N) is 2. The van der Waals surface area contributed by atoms with E-state index in [1.807, 2.05) is 0 Å². The van der Waals surface area contributed by atoms with Crippen LogP contribution in [-0.4, -0.2) is 16.0 Å². The standard InChI is InChI=1S/C13H11BrN2O4/c1-2-9(11(5-6-15)13(17)18)10-4-3-8(14)7-12(10)16(19)20/h3-4,7H,2,5H2,1H3,(H,17,18)/b11-9+. The number of nitriles is 1. The molecule has 0 saturated heterocycles. The van der Waals surface area contributed by atoms with E-state index in [-0.39, 0.29) is 29.7 Å². The number of hydrogen-bond donors (Lipinski definition) is 1. The number of carboxylic acid groups (broad SMARTS) is 1. The molecule has 0 aliphatic rings. The second kappa shape index (κ2) is 6.82. The van der Waals surface area contributed by atoms with Crippen molar-refractivity contribution in [3.05, 3.63) is 43.9 Å².